The highest BCUT2D eigenvalue weighted by atomic mass is 32.1. The Balaban J connectivity index is 1.70. The molecule has 0 bridgehead atoms. The Labute approximate surface area is 129 Å². The number of hydrogen-bond donors (Lipinski definition) is 1. The van der Waals surface area contributed by atoms with Crippen molar-refractivity contribution < 1.29 is 0 Å². The van der Waals surface area contributed by atoms with Gasteiger partial charge in [0, 0.05) is 29.5 Å². The smallest absolute Gasteiger partial charge is 0.0853 e. The number of thiophene rings is 1. The summed E-state index contributed by atoms with van der Waals surface area (Å²) in [6.07, 6.45) is 2.99. The summed E-state index contributed by atoms with van der Waals surface area (Å²) in [5.41, 5.74) is 3.54. The summed E-state index contributed by atoms with van der Waals surface area (Å²) in [5, 5.41) is 7.94. The molecule has 3 aromatic rings. The molecule has 3 rings (SSSR count). The molecule has 0 fully saturated rings. The fraction of sp³-hybridized carbons (Fsp3) is 0.235. The molecule has 3 nitrogen and oxygen atoms in total. The number of nitrogens with one attached hydrogen (secondary N) is 1. The van der Waals surface area contributed by atoms with Gasteiger partial charge < -0.3 is 5.32 Å². The Kier molecular flexibility index (Phi) is 4.06. The summed E-state index contributed by atoms with van der Waals surface area (Å²) in [4.78, 5) is 2.65. The van der Waals surface area contributed by atoms with Crippen molar-refractivity contribution in [1.29, 1.82) is 0 Å². The lowest BCUT2D eigenvalue weighted by atomic mass is 10.2. The van der Waals surface area contributed by atoms with Crippen LogP contribution in [-0.2, 0) is 20.0 Å². The minimum Gasteiger partial charge on any atom is -0.377 e. The second-order valence-electron chi connectivity index (χ2n) is 5.00. The zero-order chi connectivity index (χ0) is 14.7. The fourth-order valence-electron chi connectivity index (χ4n) is 2.36. The van der Waals surface area contributed by atoms with E-state index in [9.17, 15) is 0 Å². The predicted molar refractivity (Wildman–Crippen MR) is 89.7 cm³/mol. The van der Waals surface area contributed by atoms with Crippen LogP contribution in [-0.4, -0.2) is 9.78 Å². The molecule has 0 radical (unpaired) electrons. The van der Waals surface area contributed by atoms with Crippen molar-refractivity contribution in [2.24, 2.45) is 7.05 Å². The minimum absolute atomic E-state index is 0.843. The molecular formula is C17H19N3S. The Morgan fingerprint density at radius 2 is 1.95 bits per heavy atom. The lowest BCUT2D eigenvalue weighted by Crippen LogP contribution is -1.98. The standard InChI is InChI=1S/C17H19N3S/c1-3-15-16(12-20(2)19-15)18-11-14-9-10-17(21-14)13-7-5-4-6-8-13/h4-10,12,18H,3,11H2,1-2H3. The van der Waals surface area contributed by atoms with Crippen LogP contribution in [0.5, 0.6) is 0 Å². The second kappa shape index (κ2) is 6.14. The van der Waals surface area contributed by atoms with Crippen molar-refractivity contribution in [3.63, 3.8) is 0 Å². The lowest BCUT2D eigenvalue weighted by Gasteiger charge is -2.03. The van der Waals surface area contributed by atoms with E-state index < -0.39 is 0 Å². The summed E-state index contributed by atoms with van der Waals surface area (Å²) < 4.78 is 1.87. The zero-order valence-electron chi connectivity index (χ0n) is 12.3. The van der Waals surface area contributed by atoms with Gasteiger partial charge in [-0.05, 0) is 24.1 Å². The number of rotatable bonds is 5. The summed E-state index contributed by atoms with van der Waals surface area (Å²) in [6.45, 7) is 2.97. The van der Waals surface area contributed by atoms with E-state index in [0.717, 1.165) is 24.3 Å². The van der Waals surface area contributed by atoms with Crippen molar-refractivity contribution in [3.05, 3.63) is 59.2 Å². The van der Waals surface area contributed by atoms with Crippen molar-refractivity contribution in [3.8, 4) is 10.4 Å². The first-order chi connectivity index (χ1) is 10.3. The first-order valence-corrected chi connectivity index (χ1v) is 7.98. The van der Waals surface area contributed by atoms with Crippen molar-refractivity contribution >= 4 is 17.0 Å². The van der Waals surface area contributed by atoms with Gasteiger partial charge in [-0.1, -0.05) is 37.3 Å². The molecule has 0 aliphatic rings. The Bertz CT molecular complexity index is 713. The van der Waals surface area contributed by atoms with Gasteiger partial charge in [-0.15, -0.1) is 11.3 Å². The van der Waals surface area contributed by atoms with E-state index in [2.05, 4.69) is 53.7 Å². The molecule has 0 aliphatic carbocycles. The average molecular weight is 297 g/mol. The van der Waals surface area contributed by atoms with Crippen molar-refractivity contribution in [2.45, 2.75) is 19.9 Å². The van der Waals surface area contributed by atoms with E-state index in [1.54, 1.807) is 0 Å². The molecule has 0 aliphatic heterocycles. The Morgan fingerprint density at radius 1 is 1.14 bits per heavy atom. The normalized spacial score (nSPS) is 10.8. The monoisotopic (exact) mass is 297 g/mol. The molecule has 0 unspecified atom stereocenters. The third-order valence-electron chi connectivity index (χ3n) is 3.41. The number of hydrogen-bond acceptors (Lipinski definition) is 3. The summed E-state index contributed by atoms with van der Waals surface area (Å²) in [7, 11) is 1.96. The topological polar surface area (TPSA) is 29.9 Å². The molecule has 0 atom stereocenters. The average Bonchev–Trinajstić information content (AvgIpc) is 3.12. The third-order valence-corrected chi connectivity index (χ3v) is 4.55. The molecule has 21 heavy (non-hydrogen) atoms. The molecule has 4 heteroatoms. The van der Waals surface area contributed by atoms with Crippen LogP contribution >= 0.6 is 11.3 Å². The highest BCUT2D eigenvalue weighted by molar-refractivity contribution is 7.15. The van der Waals surface area contributed by atoms with Crippen LogP contribution in [0.25, 0.3) is 10.4 Å². The van der Waals surface area contributed by atoms with Gasteiger partial charge in [0.25, 0.3) is 0 Å². The van der Waals surface area contributed by atoms with E-state index in [1.165, 1.54) is 15.3 Å². The first kappa shape index (κ1) is 13.9. The molecule has 1 N–H and O–H groups in total. The van der Waals surface area contributed by atoms with Crippen LogP contribution in [0, 0.1) is 0 Å². The maximum atomic E-state index is 4.45. The number of nitrogens with zero attached hydrogens (tertiary/aromatic N) is 2. The molecule has 0 spiro atoms. The van der Waals surface area contributed by atoms with E-state index in [1.807, 2.05) is 35.3 Å². The summed E-state index contributed by atoms with van der Waals surface area (Å²) in [6, 6.07) is 14.9. The van der Waals surface area contributed by atoms with Gasteiger partial charge in [-0.2, -0.15) is 5.10 Å². The van der Waals surface area contributed by atoms with E-state index >= 15 is 0 Å². The number of aromatic nitrogens is 2. The zero-order valence-corrected chi connectivity index (χ0v) is 13.2. The maximum Gasteiger partial charge on any atom is 0.0853 e. The van der Waals surface area contributed by atoms with Crippen LogP contribution < -0.4 is 5.32 Å². The fourth-order valence-corrected chi connectivity index (χ4v) is 3.31. The van der Waals surface area contributed by atoms with E-state index in [4.69, 9.17) is 0 Å². The second-order valence-corrected chi connectivity index (χ2v) is 6.17. The summed E-state index contributed by atoms with van der Waals surface area (Å²) in [5.74, 6) is 0. The maximum absolute atomic E-state index is 4.45. The van der Waals surface area contributed by atoms with Gasteiger partial charge in [-0.25, -0.2) is 0 Å². The third kappa shape index (κ3) is 3.16. The number of anilines is 1. The molecule has 0 amide bonds. The van der Waals surface area contributed by atoms with Crippen LogP contribution in [0.2, 0.25) is 0 Å². The number of benzene rings is 1. The highest BCUT2D eigenvalue weighted by Gasteiger charge is 2.07. The minimum atomic E-state index is 0.843. The highest BCUT2D eigenvalue weighted by Crippen LogP contribution is 2.28. The van der Waals surface area contributed by atoms with Crippen LogP contribution in [0.1, 0.15) is 17.5 Å². The van der Waals surface area contributed by atoms with Gasteiger partial charge in [0.1, 0.15) is 0 Å². The van der Waals surface area contributed by atoms with Gasteiger partial charge in [0.2, 0.25) is 0 Å². The Hall–Kier alpha value is -2.07. The predicted octanol–water partition coefficient (Wildman–Crippen LogP) is 4.32. The van der Waals surface area contributed by atoms with Gasteiger partial charge >= 0.3 is 0 Å². The molecule has 2 heterocycles. The van der Waals surface area contributed by atoms with Crippen LogP contribution in [0.3, 0.4) is 0 Å². The van der Waals surface area contributed by atoms with E-state index in [-0.39, 0.29) is 0 Å². The molecule has 108 valence electrons. The van der Waals surface area contributed by atoms with Gasteiger partial charge in [0.15, 0.2) is 0 Å². The quantitative estimate of drug-likeness (QED) is 0.760. The van der Waals surface area contributed by atoms with E-state index in [0.29, 0.717) is 0 Å². The van der Waals surface area contributed by atoms with Gasteiger partial charge in [0.05, 0.1) is 11.4 Å². The van der Waals surface area contributed by atoms with Crippen LogP contribution in [0.15, 0.2) is 48.7 Å². The SMILES string of the molecule is CCc1nn(C)cc1NCc1ccc(-c2ccccc2)s1. The molecule has 0 saturated heterocycles. The largest absolute Gasteiger partial charge is 0.377 e. The van der Waals surface area contributed by atoms with Gasteiger partial charge in [-0.3, -0.25) is 4.68 Å². The first-order valence-electron chi connectivity index (χ1n) is 7.17. The number of aryl methyl sites for hydroxylation is 2. The lowest BCUT2D eigenvalue weighted by molar-refractivity contribution is 0.746. The van der Waals surface area contributed by atoms with Crippen molar-refractivity contribution in [1.82, 2.24) is 9.78 Å². The summed E-state index contributed by atoms with van der Waals surface area (Å²) >= 11 is 1.84. The van der Waals surface area contributed by atoms with Crippen LogP contribution in [0.4, 0.5) is 5.69 Å². The molecule has 1 aromatic carbocycles. The molecule has 0 saturated carbocycles. The molecule has 2 aromatic heterocycles. The van der Waals surface area contributed by atoms with Crippen molar-refractivity contribution in [2.75, 3.05) is 5.32 Å². The Morgan fingerprint density at radius 3 is 2.71 bits per heavy atom. The molecular weight excluding hydrogens is 278 g/mol.